The first-order valence-electron chi connectivity index (χ1n) is 8.52. The van der Waals surface area contributed by atoms with Crippen molar-refractivity contribution in [2.45, 2.75) is 51.9 Å². The summed E-state index contributed by atoms with van der Waals surface area (Å²) in [4.78, 5) is 17.4. The van der Waals surface area contributed by atoms with Crippen LogP contribution in [0.25, 0.3) is 6.08 Å². The third-order valence-electron chi connectivity index (χ3n) is 4.87. The Hall–Kier alpha value is -1.81. The van der Waals surface area contributed by atoms with Crippen molar-refractivity contribution in [3.8, 4) is 5.75 Å². The second-order valence-electron chi connectivity index (χ2n) is 8.38. The SMILES string of the molecule is CON1CC/C(=C\c2cc(C(C)(C)C)c3c(c2)C(C)(C)CO3)C1=O. The summed E-state index contributed by atoms with van der Waals surface area (Å²) in [6.07, 6.45) is 2.72. The van der Waals surface area contributed by atoms with Gasteiger partial charge in [-0.25, -0.2) is 5.06 Å². The Morgan fingerprint density at radius 2 is 2.00 bits per heavy atom. The van der Waals surface area contributed by atoms with Gasteiger partial charge in [-0.1, -0.05) is 34.6 Å². The highest BCUT2D eigenvalue weighted by Gasteiger charge is 2.36. The van der Waals surface area contributed by atoms with Gasteiger partial charge in [0, 0.05) is 22.1 Å². The molecule has 2 aliphatic rings. The van der Waals surface area contributed by atoms with Crippen LogP contribution in [0.15, 0.2) is 17.7 Å². The molecule has 0 aliphatic carbocycles. The van der Waals surface area contributed by atoms with Crippen LogP contribution in [0.4, 0.5) is 0 Å². The number of hydrogen-bond acceptors (Lipinski definition) is 3. The minimum absolute atomic E-state index is 0.0118. The van der Waals surface area contributed by atoms with E-state index in [1.54, 1.807) is 0 Å². The Morgan fingerprint density at radius 3 is 2.58 bits per heavy atom. The molecule has 2 aliphatic heterocycles. The van der Waals surface area contributed by atoms with Gasteiger partial charge in [-0.15, -0.1) is 0 Å². The van der Waals surface area contributed by atoms with Crippen molar-refractivity contribution in [3.63, 3.8) is 0 Å². The average molecular weight is 329 g/mol. The Kier molecular flexibility index (Phi) is 3.99. The second kappa shape index (κ2) is 5.62. The van der Waals surface area contributed by atoms with E-state index in [1.165, 1.54) is 23.3 Å². The van der Waals surface area contributed by atoms with Crippen molar-refractivity contribution in [1.29, 1.82) is 0 Å². The Labute approximate surface area is 144 Å². The number of hydroxylamine groups is 2. The van der Waals surface area contributed by atoms with Gasteiger partial charge in [0.25, 0.3) is 5.91 Å². The maximum Gasteiger partial charge on any atom is 0.273 e. The highest BCUT2D eigenvalue weighted by atomic mass is 16.7. The Balaban J connectivity index is 2.09. The molecule has 1 fully saturated rings. The van der Waals surface area contributed by atoms with Gasteiger partial charge in [-0.2, -0.15) is 0 Å². The number of rotatable bonds is 2. The van der Waals surface area contributed by atoms with Crippen LogP contribution in [0, 0.1) is 0 Å². The molecule has 4 nitrogen and oxygen atoms in total. The van der Waals surface area contributed by atoms with Crippen LogP contribution in [0.1, 0.15) is 57.7 Å². The first-order chi connectivity index (χ1) is 11.1. The predicted molar refractivity (Wildman–Crippen MR) is 95.0 cm³/mol. The van der Waals surface area contributed by atoms with E-state index in [9.17, 15) is 4.79 Å². The highest BCUT2D eigenvalue weighted by Crippen LogP contribution is 2.45. The summed E-state index contributed by atoms with van der Waals surface area (Å²) in [6.45, 7) is 12.3. The minimum Gasteiger partial charge on any atom is -0.492 e. The topological polar surface area (TPSA) is 38.8 Å². The van der Waals surface area contributed by atoms with E-state index in [2.05, 4.69) is 46.8 Å². The number of amides is 1. The highest BCUT2D eigenvalue weighted by molar-refractivity contribution is 5.99. The molecule has 1 saturated heterocycles. The van der Waals surface area contributed by atoms with E-state index >= 15 is 0 Å². The van der Waals surface area contributed by atoms with Crippen molar-refractivity contribution in [2.24, 2.45) is 0 Å². The maximum absolute atomic E-state index is 12.3. The molecule has 2 heterocycles. The molecule has 1 aromatic rings. The summed E-state index contributed by atoms with van der Waals surface area (Å²) in [6, 6.07) is 4.34. The van der Waals surface area contributed by atoms with Crippen LogP contribution in [0.3, 0.4) is 0 Å². The number of hydrogen-bond donors (Lipinski definition) is 0. The molecule has 0 unspecified atom stereocenters. The molecular weight excluding hydrogens is 302 g/mol. The summed E-state index contributed by atoms with van der Waals surface area (Å²) in [5, 5.41) is 1.41. The number of carbonyl (C=O) groups excluding carboxylic acids is 1. The zero-order chi connectivity index (χ0) is 17.7. The molecule has 1 amide bonds. The molecule has 0 bridgehead atoms. The second-order valence-corrected chi connectivity index (χ2v) is 8.38. The molecule has 0 radical (unpaired) electrons. The van der Waals surface area contributed by atoms with Crippen molar-refractivity contribution in [1.82, 2.24) is 5.06 Å². The summed E-state index contributed by atoms with van der Waals surface area (Å²) in [5.41, 5.74) is 4.27. The van der Waals surface area contributed by atoms with Crippen LogP contribution in [-0.2, 0) is 20.5 Å². The van der Waals surface area contributed by atoms with Gasteiger partial charge in [-0.3, -0.25) is 9.63 Å². The van der Waals surface area contributed by atoms with E-state index in [1.807, 2.05) is 6.08 Å². The van der Waals surface area contributed by atoms with E-state index in [0.717, 1.165) is 16.9 Å². The van der Waals surface area contributed by atoms with Gasteiger partial charge in [0.05, 0.1) is 20.3 Å². The van der Waals surface area contributed by atoms with E-state index in [-0.39, 0.29) is 16.7 Å². The number of nitrogens with zero attached hydrogens (tertiary/aromatic N) is 1. The van der Waals surface area contributed by atoms with Crippen molar-refractivity contribution >= 4 is 12.0 Å². The molecule has 0 saturated carbocycles. The fourth-order valence-electron chi connectivity index (χ4n) is 3.38. The van der Waals surface area contributed by atoms with Gasteiger partial charge in [0.1, 0.15) is 5.75 Å². The lowest BCUT2D eigenvalue weighted by atomic mass is 9.79. The van der Waals surface area contributed by atoms with Crippen molar-refractivity contribution in [2.75, 3.05) is 20.3 Å². The molecule has 0 aromatic heterocycles. The minimum atomic E-state index is -0.0363. The first kappa shape index (κ1) is 17.0. The molecule has 0 spiro atoms. The van der Waals surface area contributed by atoms with Gasteiger partial charge < -0.3 is 4.74 Å². The average Bonchev–Trinajstić information content (AvgIpc) is 2.99. The van der Waals surface area contributed by atoms with Crippen molar-refractivity contribution < 1.29 is 14.4 Å². The number of fused-ring (bicyclic) bond motifs is 1. The van der Waals surface area contributed by atoms with Crippen molar-refractivity contribution in [3.05, 3.63) is 34.4 Å². The number of carbonyl (C=O) groups is 1. The van der Waals surface area contributed by atoms with Gasteiger partial charge >= 0.3 is 0 Å². The summed E-state index contributed by atoms with van der Waals surface area (Å²) in [7, 11) is 1.54. The van der Waals surface area contributed by atoms with E-state index < -0.39 is 0 Å². The van der Waals surface area contributed by atoms with E-state index in [0.29, 0.717) is 19.6 Å². The number of ether oxygens (including phenoxy) is 1. The van der Waals surface area contributed by atoms with Gasteiger partial charge in [0.15, 0.2) is 0 Å². The standard InChI is InChI=1S/C20H27NO3/c1-19(2,3)15-10-13(9-14-7-8-21(23-6)18(14)22)11-16-17(15)24-12-20(16,4)5/h9-11H,7-8,12H2,1-6H3/b14-9+. The predicted octanol–water partition coefficient (Wildman–Crippen LogP) is 3.83. The molecule has 1 aromatic carbocycles. The lowest BCUT2D eigenvalue weighted by Crippen LogP contribution is -2.23. The largest absolute Gasteiger partial charge is 0.492 e. The van der Waals surface area contributed by atoms with Crippen LogP contribution < -0.4 is 4.74 Å². The smallest absolute Gasteiger partial charge is 0.273 e. The quantitative estimate of drug-likeness (QED) is 0.774. The van der Waals surface area contributed by atoms with Crippen LogP contribution in [0.2, 0.25) is 0 Å². The normalized spacial score (nSPS) is 21.3. The maximum atomic E-state index is 12.3. The van der Waals surface area contributed by atoms with Crippen LogP contribution in [-0.4, -0.2) is 31.2 Å². The summed E-state index contributed by atoms with van der Waals surface area (Å²) < 4.78 is 6.04. The zero-order valence-corrected chi connectivity index (χ0v) is 15.5. The van der Waals surface area contributed by atoms with Crippen LogP contribution in [0.5, 0.6) is 5.75 Å². The van der Waals surface area contributed by atoms with Gasteiger partial charge in [0.2, 0.25) is 0 Å². The lowest BCUT2D eigenvalue weighted by Gasteiger charge is -2.23. The fraction of sp³-hybridized carbons (Fsp3) is 0.550. The molecule has 3 rings (SSSR count). The third-order valence-corrected chi connectivity index (χ3v) is 4.87. The molecule has 4 heteroatoms. The zero-order valence-electron chi connectivity index (χ0n) is 15.5. The van der Waals surface area contributed by atoms with E-state index in [4.69, 9.17) is 9.57 Å². The Morgan fingerprint density at radius 1 is 1.29 bits per heavy atom. The fourth-order valence-corrected chi connectivity index (χ4v) is 3.38. The Bertz CT molecular complexity index is 710. The molecule has 130 valence electrons. The third kappa shape index (κ3) is 2.84. The number of benzene rings is 1. The molecule has 0 atom stereocenters. The first-order valence-corrected chi connectivity index (χ1v) is 8.52. The summed E-state index contributed by atoms with van der Waals surface area (Å²) in [5.74, 6) is 0.983. The molecular formula is C20H27NO3. The van der Waals surface area contributed by atoms with Gasteiger partial charge in [-0.05, 0) is 35.6 Å². The lowest BCUT2D eigenvalue weighted by molar-refractivity contribution is -0.164. The molecule has 0 N–H and O–H groups in total. The monoisotopic (exact) mass is 329 g/mol. The summed E-state index contributed by atoms with van der Waals surface area (Å²) >= 11 is 0. The van der Waals surface area contributed by atoms with Crippen LogP contribution >= 0.6 is 0 Å². The molecule has 24 heavy (non-hydrogen) atoms.